The van der Waals surface area contributed by atoms with Gasteiger partial charge in [-0.05, 0) is 18.5 Å². The van der Waals surface area contributed by atoms with E-state index in [1.165, 1.54) is 0 Å². The fourth-order valence-corrected chi connectivity index (χ4v) is 2.44. The van der Waals surface area contributed by atoms with Gasteiger partial charge in [-0.25, -0.2) is 4.79 Å². The Labute approximate surface area is 139 Å². The molecule has 1 fully saturated rings. The van der Waals surface area contributed by atoms with Crippen molar-refractivity contribution in [3.05, 3.63) is 5.28 Å². The average molecular weight is 340 g/mol. The number of nitrogens with one attached hydrogen (secondary N) is 2. The molecule has 0 saturated carbocycles. The van der Waals surface area contributed by atoms with Crippen LogP contribution in [-0.2, 0) is 4.74 Å². The summed E-state index contributed by atoms with van der Waals surface area (Å²) >= 11 is 5.84. The maximum atomic E-state index is 11.7. The lowest BCUT2D eigenvalue weighted by atomic mass is 9.89. The Hall–Kier alpha value is -2.34. The first-order valence-corrected chi connectivity index (χ1v) is 7.60. The van der Waals surface area contributed by atoms with Crippen molar-refractivity contribution < 1.29 is 9.53 Å². The summed E-state index contributed by atoms with van der Waals surface area (Å²) in [7, 11) is 1.66. The molecule has 9 nitrogen and oxygen atoms in total. The fourth-order valence-electron chi connectivity index (χ4n) is 2.28. The number of piperidine rings is 1. The van der Waals surface area contributed by atoms with Crippen molar-refractivity contribution in [2.45, 2.75) is 25.3 Å². The van der Waals surface area contributed by atoms with Crippen LogP contribution in [0.15, 0.2) is 0 Å². The van der Waals surface area contributed by atoms with Crippen LogP contribution in [0.1, 0.15) is 19.8 Å². The first kappa shape index (κ1) is 17.0. The molecule has 23 heavy (non-hydrogen) atoms. The van der Waals surface area contributed by atoms with Gasteiger partial charge in [0.15, 0.2) is 0 Å². The van der Waals surface area contributed by atoms with E-state index < -0.39 is 5.54 Å². The molecule has 0 bridgehead atoms. The molecular formula is C13H18ClN7O2. The van der Waals surface area contributed by atoms with E-state index in [0.717, 1.165) is 0 Å². The van der Waals surface area contributed by atoms with Gasteiger partial charge in [0, 0.05) is 33.0 Å². The molecule has 0 spiro atoms. The molecule has 0 atom stereocenters. The molecule has 1 aromatic rings. The summed E-state index contributed by atoms with van der Waals surface area (Å²) in [5.41, 5.74) is -0.862. The number of amides is 1. The van der Waals surface area contributed by atoms with Gasteiger partial charge in [-0.3, -0.25) is 0 Å². The van der Waals surface area contributed by atoms with E-state index in [2.05, 4.69) is 31.7 Å². The lowest BCUT2D eigenvalue weighted by Gasteiger charge is -2.37. The minimum Gasteiger partial charge on any atom is -0.450 e. The number of rotatable bonds is 4. The number of likely N-dealkylation sites (tertiary alicyclic amines) is 1. The van der Waals surface area contributed by atoms with E-state index in [0.29, 0.717) is 38.5 Å². The summed E-state index contributed by atoms with van der Waals surface area (Å²) < 4.78 is 4.97. The van der Waals surface area contributed by atoms with Crippen molar-refractivity contribution in [2.75, 3.05) is 37.4 Å². The molecular weight excluding hydrogens is 322 g/mol. The van der Waals surface area contributed by atoms with Crippen molar-refractivity contribution >= 4 is 29.6 Å². The van der Waals surface area contributed by atoms with Gasteiger partial charge in [0.1, 0.15) is 5.54 Å². The van der Waals surface area contributed by atoms with Crippen LogP contribution in [0.3, 0.4) is 0 Å². The summed E-state index contributed by atoms with van der Waals surface area (Å²) in [6.07, 6.45) is 0.501. The zero-order valence-corrected chi connectivity index (χ0v) is 13.7. The Kier molecular flexibility index (Phi) is 5.39. The molecule has 1 aliphatic rings. The Balaban J connectivity index is 2.08. The van der Waals surface area contributed by atoms with E-state index in [1.807, 2.05) is 0 Å². The largest absolute Gasteiger partial charge is 0.450 e. The van der Waals surface area contributed by atoms with E-state index in [-0.39, 0.29) is 17.3 Å². The number of carbonyl (C=O) groups excluding carboxylic acids is 1. The summed E-state index contributed by atoms with van der Waals surface area (Å²) in [6.45, 7) is 2.91. The maximum Gasteiger partial charge on any atom is 0.409 e. The van der Waals surface area contributed by atoms with Gasteiger partial charge in [-0.2, -0.15) is 20.2 Å². The monoisotopic (exact) mass is 339 g/mol. The first-order chi connectivity index (χ1) is 11.0. The first-order valence-electron chi connectivity index (χ1n) is 7.22. The highest BCUT2D eigenvalue weighted by Crippen LogP contribution is 2.26. The van der Waals surface area contributed by atoms with Gasteiger partial charge < -0.3 is 20.3 Å². The third kappa shape index (κ3) is 4.10. The van der Waals surface area contributed by atoms with Crippen molar-refractivity contribution in [3.63, 3.8) is 0 Å². The molecule has 2 heterocycles. The lowest BCUT2D eigenvalue weighted by Crippen LogP contribution is -2.50. The Morgan fingerprint density at radius 3 is 2.61 bits per heavy atom. The van der Waals surface area contributed by atoms with E-state index in [1.54, 1.807) is 18.9 Å². The summed E-state index contributed by atoms with van der Waals surface area (Å²) in [5.74, 6) is 0.532. The molecule has 10 heteroatoms. The topological polar surface area (TPSA) is 116 Å². The average Bonchev–Trinajstić information content (AvgIpc) is 2.55. The molecule has 0 aromatic carbocycles. The Morgan fingerprint density at radius 2 is 2.04 bits per heavy atom. The van der Waals surface area contributed by atoms with Crippen LogP contribution in [0.2, 0.25) is 5.28 Å². The van der Waals surface area contributed by atoms with Crippen LogP contribution < -0.4 is 10.6 Å². The molecule has 2 rings (SSSR count). The molecule has 0 unspecified atom stereocenters. The predicted octanol–water partition coefficient (Wildman–Crippen LogP) is 1.49. The van der Waals surface area contributed by atoms with Gasteiger partial charge in [0.05, 0.1) is 12.7 Å². The third-order valence-electron chi connectivity index (χ3n) is 3.54. The second kappa shape index (κ2) is 7.28. The highest BCUT2D eigenvalue weighted by molar-refractivity contribution is 6.28. The van der Waals surface area contributed by atoms with E-state index in [4.69, 9.17) is 16.3 Å². The summed E-state index contributed by atoms with van der Waals surface area (Å²) in [5, 5.41) is 15.4. The molecule has 1 amide bonds. The molecule has 2 N–H and O–H groups in total. The second-order valence-electron chi connectivity index (χ2n) is 5.01. The molecule has 124 valence electrons. The highest BCUT2D eigenvalue weighted by Gasteiger charge is 2.37. The Morgan fingerprint density at radius 1 is 1.39 bits per heavy atom. The second-order valence-corrected chi connectivity index (χ2v) is 5.34. The van der Waals surface area contributed by atoms with Crippen LogP contribution in [0.25, 0.3) is 0 Å². The normalized spacial score (nSPS) is 16.3. The minimum atomic E-state index is -0.862. The fraction of sp³-hybridized carbons (Fsp3) is 0.615. The number of nitriles is 1. The summed E-state index contributed by atoms with van der Waals surface area (Å²) in [4.78, 5) is 25.3. The number of ether oxygens (including phenoxy) is 1. The van der Waals surface area contributed by atoms with Crippen LogP contribution in [0, 0.1) is 11.3 Å². The maximum absolute atomic E-state index is 11.7. The number of carbonyl (C=O) groups is 1. The molecule has 1 aromatic heterocycles. The van der Waals surface area contributed by atoms with Crippen molar-refractivity contribution in [2.24, 2.45) is 0 Å². The zero-order valence-electron chi connectivity index (χ0n) is 13.0. The molecule has 1 saturated heterocycles. The predicted molar refractivity (Wildman–Crippen MR) is 84.2 cm³/mol. The van der Waals surface area contributed by atoms with E-state index >= 15 is 0 Å². The smallest absolute Gasteiger partial charge is 0.409 e. The van der Waals surface area contributed by atoms with Crippen LogP contribution in [-0.4, -0.2) is 58.2 Å². The van der Waals surface area contributed by atoms with Crippen LogP contribution in [0.5, 0.6) is 0 Å². The number of halogens is 1. The zero-order chi connectivity index (χ0) is 16.9. The van der Waals surface area contributed by atoms with Gasteiger partial charge in [0.2, 0.25) is 17.2 Å². The molecule has 0 aliphatic carbocycles. The van der Waals surface area contributed by atoms with Crippen LogP contribution >= 0.6 is 11.6 Å². The SMILES string of the molecule is CCOC(=O)N1CCC(C#N)(Nc2nc(Cl)nc(NC)n2)CC1. The summed E-state index contributed by atoms with van der Waals surface area (Å²) in [6, 6.07) is 2.26. The van der Waals surface area contributed by atoms with Gasteiger partial charge in [-0.15, -0.1) is 0 Å². The minimum absolute atomic E-state index is 0.0314. The number of hydrogen-bond acceptors (Lipinski definition) is 8. The quantitative estimate of drug-likeness (QED) is 0.847. The van der Waals surface area contributed by atoms with Gasteiger partial charge >= 0.3 is 6.09 Å². The van der Waals surface area contributed by atoms with Crippen molar-refractivity contribution in [1.82, 2.24) is 19.9 Å². The van der Waals surface area contributed by atoms with Gasteiger partial charge in [0.25, 0.3) is 0 Å². The number of nitrogens with zero attached hydrogens (tertiary/aromatic N) is 5. The Bertz CT molecular complexity index is 611. The number of hydrogen-bond donors (Lipinski definition) is 2. The van der Waals surface area contributed by atoms with Crippen molar-refractivity contribution in [3.8, 4) is 6.07 Å². The lowest BCUT2D eigenvalue weighted by molar-refractivity contribution is 0.0944. The highest BCUT2D eigenvalue weighted by atomic mass is 35.5. The number of anilines is 2. The molecule has 0 radical (unpaired) electrons. The van der Waals surface area contributed by atoms with Crippen LogP contribution in [0.4, 0.5) is 16.7 Å². The third-order valence-corrected chi connectivity index (χ3v) is 3.71. The number of aromatic nitrogens is 3. The van der Waals surface area contributed by atoms with Gasteiger partial charge in [-0.1, -0.05) is 0 Å². The molecule has 1 aliphatic heterocycles. The van der Waals surface area contributed by atoms with E-state index in [9.17, 15) is 10.1 Å². The van der Waals surface area contributed by atoms with Crippen molar-refractivity contribution in [1.29, 1.82) is 5.26 Å². The standard InChI is InChI=1S/C13H18ClN7O2/c1-3-23-12(22)21-6-4-13(8-15,5-7-21)20-11-18-9(14)17-10(16-2)19-11/h3-7H2,1-2H3,(H2,16,17,18,19,20).